The van der Waals surface area contributed by atoms with Crippen LogP contribution in [-0.2, 0) is 14.6 Å². The van der Waals surface area contributed by atoms with Crippen LogP contribution in [0.4, 0.5) is 0 Å². The normalized spacial score (nSPS) is 28.6. The number of rotatable bonds is 3. The van der Waals surface area contributed by atoms with E-state index in [0.29, 0.717) is 12.8 Å². The van der Waals surface area contributed by atoms with Crippen LogP contribution in [0.15, 0.2) is 0 Å². The fourth-order valence-electron chi connectivity index (χ4n) is 2.19. The number of hydrogen-bond acceptors (Lipinski definition) is 4. The minimum absolute atomic E-state index is 0.0476. The predicted octanol–water partition coefficient (Wildman–Crippen LogP) is 0.153. The van der Waals surface area contributed by atoms with Crippen LogP contribution in [0, 0.1) is 11.3 Å². The Balaban J connectivity index is 2.13. The van der Waals surface area contributed by atoms with Gasteiger partial charge in [0.25, 0.3) is 0 Å². The summed E-state index contributed by atoms with van der Waals surface area (Å²) in [5.74, 6) is 0.288. The minimum atomic E-state index is -2.97. The highest BCUT2D eigenvalue weighted by atomic mass is 32.2. The summed E-state index contributed by atoms with van der Waals surface area (Å²) < 4.78 is 22.5. The molecule has 1 aliphatic carbocycles. The first kappa shape index (κ1) is 11.1. The van der Waals surface area contributed by atoms with Crippen molar-refractivity contribution >= 4 is 15.6 Å². The summed E-state index contributed by atoms with van der Waals surface area (Å²) in [6, 6.07) is 0. The maximum Gasteiger partial charge on any atom is 0.150 e. The molecule has 1 saturated heterocycles. The number of aliphatic hydroxyl groups is 1. The zero-order valence-corrected chi connectivity index (χ0v) is 9.42. The predicted molar refractivity (Wildman–Crippen MR) is 55.1 cm³/mol. The van der Waals surface area contributed by atoms with Gasteiger partial charge in [-0.1, -0.05) is 0 Å². The molecule has 0 spiro atoms. The van der Waals surface area contributed by atoms with Crippen LogP contribution in [0.2, 0.25) is 0 Å². The van der Waals surface area contributed by atoms with Crippen molar-refractivity contribution in [1.82, 2.24) is 0 Å². The van der Waals surface area contributed by atoms with E-state index in [0.717, 1.165) is 12.8 Å². The summed E-state index contributed by atoms with van der Waals surface area (Å²) in [6.07, 6.45) is 2.43. The molecule has 86 valence electrons. The number of aliphatic hydroxyl groups excluding tert-OH is 1. The fourth-order valence-corrected chi connectivity index (χ4v) is 3.80. The van der Waals surface area contributed by atoms with Crippen molar-refractivity contribution in [2.75, 3.05) is 18.1 Å². The first-order valence-corrected chi connectivity index (χ1v) is 7.17. The Morgan fingerprint density at radius 1 is 1.27 bits per heavy atom. The standard InChI is InChI=1S/C10H16O4S/c11-7-10(9(12)8-1-2-8)3-5-15(13,14)6-4-10/h8,11H,1-7H2. The van der Waals surface area contributed by atoms with Gasteiger partial charge in [0.1, 0.15) is 15.6 Å². The summed E-state index contributed by atoms with van der Waals surface area (Å²) in [4.78, 5) is 12.0. The lowest BCUT2D eigenvalue weighted by Crippen LogP contribution is -2.43. The highest BCUT2D eigenvalue weighted by Crippen LogP contribution is 2.42. The highest BCUT2D eigenvalue weighted by molar-refractivity contribution is 7.91. The van der Waals surface area contributed by atoms with Gasteiger partial charge >= 0.3 is 0 Å². The van der Waals surface area contributed by atoms with Crippen LogP contribution < -0.4 is 0 Å². The van der Waals surface area contributed by atoms with E-state index in [-0.39, 0.29) is 29.8 Å². The largest absolute Gasteiger partial charge is 0.395 e. The van der Waals surface area contributed by atoms with Crippen molar-refractivity contribution < 1.29 is 18.3 Å². The average molecular weight is 232 g/mol. The van der Waals surface area contributed by atoms with E-state index in [1.54, 1.807) is 0 Å². The van der Waals surface area contributed by atoms with Gasteiger partial charge < -0.3 is 5.11 Å². The Morgan fingerprint density at radius 3 is 2.20 bits per heavy atom. The molecule has 0 aromatic carbocycles. The molecule has 1 aliphatic heterocycles. The second-order valence-electron chi connectivity index (χ2n) is 4.73. The van der Waals surface area contributed by atoms with E-state index in [2.05, 4.69) is 0 Å². The van der Waals surface area contributed by atoms with Crippen molar-refractivity contribution in [2.24, 2.45) is 11.3 Å². The lowest BCUT2D eigenvalue weighted by molar-refractivity contribution is -0.133. The molecule has 1 saturated carbocycles. The lowest BCUT2D eigenvalue weighted by Gasteiger charge is -2.33. The molecule has 15 heavy (non-hydrogen) atoms. The topological polar surface area (TPSA) is 71.4 Å². The number of sulfone groups is 1. The Kier molecular flexibility index (Phi) is 2.63. The Labute approximate surface area is 89.6 Å². The molecule has 2 rings (SSSR count). The average Bonchev–Trinajstić information content (AvgIpc) is 3.01. The Bertz CT molecular complexity index is 353. The van der Waals surface area contributed by atoms with Gasteiger partial charge in [-0.2, -0.15) is 0 Å². The van der Waals surface area contributed by atoms with E-state index in [1.165, 1.54) is 0 Å². The van der Waals surface area contributed by atoms with E-state index < -0.39 is 15.3 Å². The lowest BCUT2D eigenvalue weighted by atomic mass is 9.77. The number of carbonyl (C=O) groups is 1. The van der Waals surface area contributed by atoms with Crippen molar-refractivity contribution in [3.05, 3.63) is 0 Å². The zero-order chi connectivity index (χ0) is 11.1. The molecule has 4 nitrogen and oxygen atoms in total. The van der Waals surface area contributed by atoms with Crippen LogP contribution in [0.25, 0.3) is 0 Å². The van der Waals surface area contributed by atoms with Gasteiger partial charge in [-0.05, 0) is 25.7 Å². The maximum absolute atomic E-state index is 12.0. The quantitative estimate of drug-likeness (QED) is 0.752. The van der Waals surface area contributed by atoms with E-state index in [4.69, 9.17) is 0 Å². The third kappa shape index (κ3) is 2.08. The number of ketones is 1. The molecular formula is C10H16O4S. The number of carbonyl (C=O) groups excluding carboxylic acids is 1. The molecule has 0 atom stereocenters. The van der Waals surface area contributed by atoms with Crippen molar-refractivity contribution in [1.29, 1.82) is 0 Å². The molecule has 0 amide bonds. The van der Waals surface area contributed by atoms with Gasteiger partial charge in [-0.15, -0.1) is 0 Å². The van der Waals surface area contributed by atoms with Gasteiger partial charge in [0.05, 0.1) is 23.5 Å². The molecule has 2 aliphatic rings. The molecule has 5 heteroatoms. The number of Topliss-reactive ketones (excluding diaryl/α,β-unsaturated/α-hetero) is 1. The third-order valence-corrected chi connectivity index (χ3v) is 5.21. The Hall–Kier alpha value is -0.420. The molecule has 0 unspecified atom stereocenters. The highest BCUT2D eigenvalue weighted by Gasteiger charge is 2.48. The van der Waals surface area contributed by atoms with Crippen LogP contribution in [-0.4, -0.2) is 37.4 Å². The van der Waals surface area contributed by atoms with Crippen molar-refractivity contribution in [2.45, 2.75) is 25.7 Å². The first-order valence-electron chi connectivity index (χ1n) is 5.35. The smallest absolute Gasteiger partial charge is 0.150 e. The van der Waals surface area contributed by atoms with Gasteiger partial charge in [0.15, 0.2) is 0 Å². The number of hydrogen-bond donors (Lipinski definition) is 1. The van der Waals surface area contributed by atoms with Crippen molar-refractivity contribution in [3.63, 3.8) is 0 Å². The summed E-state index contributed by atoms with van der Waals surface area (Å²) in [5, 5.41) is 9.34. The molecule has 2 fully saturated rings. The molecule has 1 heterocycles. The summed E-state index contributed by atoms with van der Waals surface area (Å²) in [5.41, 5.74) is -0.744. The van der Waals surface area contributed by atoms with Crippen LogP contribution in [0.3, 0.4) is 0 Å². The van der Waals surface area contributed by atoms with Gasteiger partial charge in [-0.3, -0.25) is 4.79 Å². The van der Waals surface area contributed by atoms with E-state index >= 15 is 0 Å². The molecule has 1 N–H and O–H groups in total. The first-order chi connectivity index (χ1) is 6.99. The molecular weight excluding hydrogens is 216 g/mol. The maximum atomic E-state index is 12.0. The second-order valence-corrected chi connectivity index (χ2v) is 7.03. The SMILES string of the molecule is O=C(C1CC1)C1(CO)CCS(=O)(=O)CC1. The third-order valence-electron chi connectivity index (χ3n) is 3.56. The van der Waals surface area contributed by atoms with Gasteiger partial charge in [0.2, 0.25) is 0 Å². The Morgan fingerprint density at radius 2 is 1.80 bits per heavy atom. The van der Waals surface area contributed by atoms with Gasteiger partial charge in [-0.25, -0.2) is 8.42 Å². The molecule has 0 aromatic rings. The monoisotopic (exact) mass is 232 g/mol. The summed E-state index contributed by atoms with van der Waals surface area (Å²) >= 11 is 0. The summed E-state index contributed by atoms with van der Waals surface area (Å²) in [6.45, 7) is -0.197. The van der Waals surface area contributed by atoms with Crippen LogP contribution in [0.1, 0.15) is 25.7 Å². The second kappa shape index (κ2) is 3.56. The fraction of sp³-hybridized carbons (Fsp3) is 0.900. The van der Waals surface area contributed by atoms with Crippen molar-refractivity contribution in [3.8, 4) is 0 Å². The minimum Gasteiger partial charge on any atom is -0.395 e. The van der Waals surface area contributed by atoms with Crippen LogP contribution in [0.5, 0.6) is 0 Å². The molecule has 0 radical (unpaired) electrons. The molecule has 0 aromatic heterocycles. The zero-order valence-electron chi connectivity index (χ0n) is 8.61. The van der Waals surface area contributed by atoms with E-state index in [1.807, 2.05) is 0 Å². The van der Waals surface area contributed by atoms with E-state index in [9.17, 15) is 18.3 Å². The van der Waals surface area contributed by atoms with Crippen LogP contribution >= 0.6 is 0 Å². The summed E-state index contributed by atoms with van der Waals surface area (Å²) in [7, 11) is -2.97. The van der Waals surface area contributed by atoms with Gasteiger partial charge in [0, 0.05) is 5.92 Å². The molecule has 0 bridgehead atoms.